The Hall–Kier alpha value is -2.32. The number of nitriles is 1. The van der Waals surface area contributed by atoms with Gasteiger partial charge in [0, 0.05) is 22.8 Å². The van der Waals surface area contributed by atoms with Gasteiger partial charge in [-0.3, -0.25) is 9.48 Å². The molecule has 6 heteroatoms. The molecule has 0 bridgehead atoms. The highest BCUT2D eigenvalue weighted by molar-refractivity contribution is 6.31. The highest BCUT2D eigenvalue weighted by Crippen LogP contribution is 2.21. The number of amides is 1. The van der Waals surface area contributed by atoms with Crippen molar-refractivity contribution in [2.24, 2.45) is 0 Å². The zero-order chi connectivity index (χ0) is 17.7. The van der Waals surface area contributed by atoms with E-state index in [-0.39, 0.29) is 5.91 Å². The standard InChI is InChI=1S/C18H21ClN4O/c1-12-5-6-15(19)11-17(12)21-18(24)8-7-16-13(2)22-23(14(16)3)10-4-9-20/h5-6,11H,4,7-8,10H2,1-3H3,(H,21,24). The number of carbonyl (C=O) groups is 1. The number of aromatic nitrogens is 2. The Morgan fingerprint density at radius 1 is 1.38 bits per heavy atom. The van der Waals surface area contributed by atoms with E-state index in [2.05, 4.69) is 16.5 Å². The molecule has 5 nitrogen and oxygen atoms in total. The van der Waals surface area contributed by atoms with E-state index in [9.17, 15) is 4.79 Å². The van der Waals surface area contributed by atoms with Gasteiger partial charge >= 0.3 is 0 Å². The molecule has 0 atom stereocenters. The third kappa shape index (κ3) is 4.36. The Kier molecular flexibility index (Phi) is 5.99. The monoisotopic (exact) mass is 344 g/mol. The second-order valence-electron chi connectivity index (χ2n) is 5.79. The van der Waals surface area contributed by atoms with Crippen molar-refractivity contribution in [2.45, 2.75) is 46.6 Å². The lowest BCUT2D eigenvalue weighted by atomic mass is 10.1. The van der Waals surface area contributed by atoms with Gasteiger partial charge in [-0.05, 0) is 50.5 Å². The first kappa shape index (κ1) is 18.0. The first-order chi connectivity index (χ1) is 11.4. The quantitative estimate of drug-likeness (QED) is 0.862. The van der Waals surface area contributed by atoms with Gasteiger partial charge in [0.15, 0.2) is 0 Å². The minimum Gasteiger partial charge on any atom is -0.326 e. The molecular formula is C18H21ClN4O. The van der Waals surface area contributed by atoms with Gasteiger partial charge in [-0.15, -0.1) is 0 Å². The minimum atomic E-state index is -0.0519. The van der Waals surface area contributed by atoms with Gasteiger partial charge < -0.3 is 5.32 Å². The van der Waals surface area contributed by atoms with Gasteiger partial charge in [-0.1, -0.05) is 17.7 Å². The topological polar surface area (TPSA) is 70.7 Å². The van der Waals surface area contributed by atoms with Crippen LogP contribution in [0.4, 0.5) is 5.69 Å². The average Bonchev–Trinajstić information content (AvgIpc) is 2.81. The molecule has 0 spiro atoms. The van der Waals surface area contributed by atoms with Crippen LogP contribution in [0.3, 0.4) is 0 Å². The van der Waals surface area contributed by atoms with Crippen molar-refractivity contribution in [3.05, 3.63) is 45.7 Å². The van der Waals surface area contributed by atoms with Crippen molar-refractivity contribution in [2.75, 3.05) is 5.32 Å². The fourth-order valence-electron chi connectivity index (χ4n) is 2.65. The molecule has 1 aromatic carbocycles. The molecule has 2 rings (SSSR count). The Morgan fingerprint density at radius 3 is 2.83 bits per heavy atom. The maximum atomic E-state index is 12.2. The largest absolute Gasteiger partial charge is 0.326 e. The van der Waals surface area contributed by atoms with Crippen LogP contribution in [0.1, 0.15) is 35.4 Å². The van der Waals surface area contributed by atoms with Gasteiger partial charge in [-0.2, -0.15) is 10.4 Å². The lowest BCUT2D eigenvalue weighted by molar-refractivity contribution is -0.116. The van der Waals surface area contributed by atoms with E-state index >= 15 is 0 Å². The van der Waals surface area contributed by atoms with E-state index in [1.54, 1.807) is 12.1 Å². The zero-order valence-electron chi connectivity index (χ0n) is 14.2. The lowest BCUT2D eigenvalue weighted by Crippen LogP contribution is -2.13. The Bertz CT molecular complexity index is 789. The fraction of sp³-hybridized carbons (Fsp3) is 0.389. The number of benzene rings is 1. The van der Waals surface area contributed by atoms with Gasteiger partial charge in [0.2, 0.25) is 5.91 Å². The first-order valence-corrected chi connectivity index (χ1v) is 8.26. The van der Waals surface area contributed by atoms with Gasteiger partial charge in [0.1, 0.15) is 0 Å². The number of halogens is 1. The number of rotatable bonds is 6. The number of aryl methyl sites for hydroxylation is 3. The molecule has 0 radical (unpaired) electrons. The molecule has 0 saturated carbocycles. The highest BCUT2D eigenvalue weighted by atomic mass is 35.5. The molecule has 24 heavy (non-hydrogen) atoms. The summed E-state index contributed by atoms with van der Waals surface area (Å²) in [5.74, 6) is -0.0519. The predicted molar refractivity (Wildman–Crippen MR) is 95.1 cm³/mol. The molecule has 1 amide bonds. The SMILES string of the molecule is Cc1ccc(Cl)cc1NC(=O)CCc1c(C)nn(CCC#N)c1C. The maximum absolute atomic E-state index is 12.2. The molecule has 1 aromatic heterocycles. The summed E-state index contributed by atoms with van der Waals surface area (Å²) < 4.78 is 1.84. The van der Waals surface area contributed by atoms with E-state index in [1.807, 2.05) is 31.5 Å². The molecular weight excluding hydrogens is 324 g/mol. The van der Waals surface area contributed by atoms with Gasteiger partial charge in [0.05, 0.1) is 24.7 Å². The van der Waals surface area contributed by atoms with E-state index < -0.39 is 0 Å². The molecule has 126 valence electrons. The van der Waals surface area contributed by atoms with Gasteiger partial charge in [-0.25, -0.2) is 0 Å². The number of carbonyl (C=O) groups excluding carboxylic acids is 1. The normalized spacial score (nSPS) is 10.5. The number of nitrogens with one attached hydrogen (secondary N) is 1. The summed E-state index contributed by atoms with van der Waals surface area (Å²) in [5, 5.41) is 16.7. The molecule has 0 fully saturated rings. The fourth-order valence-corrected chi connectivity index (χ4v) is 2.82. The van der Waals surface area contributed by atoms with Crippen LogP contribution in [0, 0.1) is 32.1 Å². The molecule has 0 aliphatic rings. The maximum Gasteiger partial charge on any atom is 0.224 e. The van der Waals surface area contributed by atoms with Gasteiger partial charge in [0.25, 0.3) is 0 Å². The molecule has 0 unspecified atom stereocenters. The molecule has 0 saturated heterocycles. The molecule has 1 N–H and O–H groups in total. The van der Waals surface area contributed by atoms with Crippen molar-refractivity contribution in [1.82, 2.24) is 9.78 Å². The summed E-state index contributed by atoms with van der Waals surface area (Å²) in [5.41, 5.74) is 4.73. The number of nitrogens with zero attached hydrogens (tertiary/aromatic N) is 3. The van der Waals surface area contributed by atoms with Crippen LogP contribution in [-0.2, 0) is 17.8 Å². The summed E-state index contributed by atoms with van der Waals surface area (Å²) in [7, 11) is 0. The Labute approximate surface area is 147 Å². The number of anilines is 1. The number of hydrogen-bond donors (Lipinski definition) is 1. The highest BCUT2D eigenvalue weighted by Gasteiger charge is 2.13. The van der Waals surface area contributed by atoms with Crippen molar-refractivity contribution < 1.29 is 4.79 Å². The van der Waals surface area contributed by atoms with Crippen LogP contribution in [0.5, 0.6) is 0 Å². The minimum absolute atomic E-state index is 0.0519. The van der Waals surface area contributed by atoms with Crippen molar-refractivity contribution in [3.8, 4) is 6.07 Å². The Balaban J connectivity index is 2.00. The molecule has 1 heterocycles. The summed E-state index contributed by atoms with van der Waals surface area (Å²) in [4.78, 5) is 12.2. The molecule has 0 aliphatic carbocycles. The molecule has 0 aliphatic heterocycles. The van der Waals surface area contributed by atoms with E-state index in [1.165, 1.54) is 0 Å². The molecule has 2 aromatic rings. The van der Waals surface area contributed by atoms with E-state index in [0.29, 0.717) is 30.8 Å². The third-order valence-corrected chi connectivity index (χ3v) is 4.28. The van der Waals surface area contributed by atoms with E-state index in [4.69, 9.17) is 16.9 Å². The predicted octanol–water partition coefficient (Wildman–Crippen LogP) is 3.95. The summed E-state index contributed by atoms with van der Waals surface area (Å²) >= 11 is 5.97. The summed E-state index contributed by atoms with van der Waals surface area (Å²) in [6, 6.07) is 7.56. The number of hydrogen-bond acceptors (Lipinski definition) is 3. The average molecular weight is 345 g/mol. The van der Waals surface area contributed by atoms with E-state index in [0.717, 1.165) is 28.2 Å². The van der Waals surface area contributed by atoms with Crippen LogP contribution in [0.2, 0.25) is 5.02 Å². The summed E-state index contributed by atoms with van der Waals surface area (Å²) in [6.07, 6.45) is 1.42. The van der Waals surface area contributed by atoms with Crippen LogP contribution < -0.4 is 5.32 Å². The van der Waals surface area contributed by atoms with Crippen LogP contribution in [-0.4, -0.2) is 15.7 Å². The lowest BCUT2D eigenvalue weighted by Gasteiger charge is -2.09. The Morgan fingerprint density at radius 2 is 2.12 bits per heavy atom. The summed E-state index contributed by atoms with van der Waals surface area (Å²) in [6.45, 7) is 6.42. The first-order valence-electron chi connectivity index (χ1n) is 7.88. The van der Waals surface area contributed by atoms with Crippen LogP contribution >= 0.6 is 11.6 Å². The second-order valence-corrected chi connectivity index (χ2v) is 6.22. The van der Waals surface area contributed by atoms with Crippen molar-refractivity contribution in [1.29, 1.82) is 5.26 Å². The second kappa shape index (κ2) is 7.98. The van der Waals surface area contributed by atoms with Crippen molar-refractivity contribution in [3.63, 3.8) is 0 Å². The third-order valence-electron chi connectivity index (χ3n) is 4.04. The van der Waals surface area contributed by atoms with Crippen LogP contribution in [0.15, 0.2) is 18.2 Å². The van der Waals surface area contributed by atoms with Crippen LogP contribution in [0.25, 0.3) is 0 Å². The zero-order valence-corrected chi connectivity index (χ0v) is 14.9. The smallest absolute Gasteiger partial charge is 0.224 e. The van der Waals surface area contributed by atoms with Crippen molar-refractivity contribution >= 4 is 23.2 Å².